The summed E-state index contributed by atoms with van der Waals surface area (Å²) in [6, 6.07) is 0. The van der Waals surface area contributed by atoms with E-state index in [1.54, 1.807) is 0 Å². The summed E-state index contributed by atoms with van der Waals surface area (Å²) in [5.41, 5.74) is 0. The van der Waals surface area contributed by atoms with E-state index in [9.17, 15) is 8.42 Å². The molecule has 5 nitrogen and oxygen atoms in total. The van der Waals surface area contributed by atoms with Crippen LogP contribution >= 0.6 is 10.7 Å². The molecule has 0 radical (unpaired) electrons. The van der Waals surface area contributed by atoms with Crippen molar-refractivity contribution in [2.45, 2.75) is 6.10 Å². The number of rotatable bonds is 3. The fourth-order valence-electron chi connectivity index (χ4n) is 1.18. The van der Waals surface area contributed by atoms with Crippen LogP contribution in [-0.4, -0.2) is 52.7 Å². The molecule has 0 bridgehead atoms. The number of nitrogens with zero attached hydrogens (tertiary/aromatic N) is 1. The molecule has 1 aliphatic heterocycles. The summed E-state index contributed by atoms with van der Waals surface area (Å²) < 4.78 is 28.6. The van der Waals surface area contributed by atoms with E-state index in [1.165, 1.54) is 0 Å². The Bertz CT molecular complexity index is 257. The molecule has 1 heterocycles. The molecule has 1 N–H and O–H groups in total. The Morgan fingerprint density at radius 2 is 2.38 bits per heavy atom. The van der Waals surface area contributed by atoms with Crippen molar-refractivity contribution in [3.63, 3.8) is 0 Å². The van der Waals surface area contributed by atoms with Gasteiger partial charge in [0.1, 0.15) is 0 Å². The molecule has 0 spiro atoms. The van der Waals surface area contributed by atoms with Gasteiger partial charge < -0.3 is 9.64 Å². The molecule has 7 heteroatoms. The van der Waals surface area contributed by atoms with Crippen molar-refractivity contribution in [1.82, 2.24) is 9.62 Å². The van der Waals surface area contributed by atoms with Crippen LogP contribution in [0.1, 0.15) is 0 Å². The van der Waals surface area contributed by atoms with Crippen LogP contribution in [0.5, 0.6) is 0 Å². The molecule has 1 rings (SSSR count). The monoisotopic (exact) mass is 228 g/mol. The lowest BCUT2D eigenvalue weighted by Gasteiger charge is -2.29. The van der Waals surface area contributed by atoms with Crippen molar-refractivity contribution >= 4 is 19.9 Å². The first-order chi connectivity index (χ1) is 5.97. The van der Waals surface area contributed by atoms with Gasteiger partial charge in [0.05, 0.1) is 12.7 Å². The second-order valence-electron chi connectivity index (χ2n) is 3.04. The Balaban J connectivity index is 2.29. The molecule has 0 aliphatic carbocycles. The van der Waals surface area contributed by atoms with Crippen LogP contribution in [0.2, 0.25) is 0 Å². The highest BCUT2D eigenvalue weighted by molar-refractivity contribution is 8.12. The van der Waals surface area contributed by atoms with Crippen molar-refractivity contribution in [1.29, 1.82) is 0 Å². The van der Waals surface area contributed by atoms with Crippen molar-refractivity contribution in [3.8, 4) is 0 Å². The highest BCUT2D eigenvalue weighted by Gasteiger charge is 2.18. The largest absolute Gasteiger partial charge is 0.374 e. The SMILES string of the molecule is CN1CCOC(CNS(=O)(=O)Cl)C1. The van der Waals surface area contributed by atoms with Gasteiger partial charge >= 0.3 is 0 Å². The van der Waals surface area contributed by atoms with Crippen LogP contribution in [0.3, 0.4) is 0 Å². The maximum absolute atomic E-state index is 10.5. The third kappa shape index (κ3) is 4.78. The van der Waals surface area contributed by atoms with Crippen LogP contribution in [0.4, 0.5) is 0 Å². The molecule has 0 aromatic carbocycles. The summed E-state index contributed by atoms with van der Waals surface area (Å²) in [5, 5.41) is 0. The van der Waals surface area contributed by atoms with Gasteiger partial charge in [-0.3, -0.25) is 0 Å². The summed E-state index contributed by atoms with van der Waals surface area (Å²) in [6.07, 6.45) is -0.104. The first-order valence-electron chi connectivity index (χ1n) is 3.97. The van der Waals surface area contributed by atoms with E-state index in [0.717, 1.165) is 13.1 Å². The Morgan fingerprint density at radius 1 is 1.69 bits per heavy atom. The van der Waals surface area contributed by atoms with Gasteiger partial charge in [-0.2, -0.15) is 13.1 Å². The lowest BCUT2D eigenvalue weighted by Crippen LogP contribution is -2.45. The average molecular weight is 229 g/mol. The molecule has 0 saturated carbocycles. The lowest BCUT2D eigenvalue weighted by atomic mass is 10.3. The molecular weight excluding hydrogens is 216 g/mol. The van der Waals surface area contributed by atoms with E-state index in [1.807, 2.05) is 7.05 Å². The highest BCUT2D eigenvalue weighted by atomic mass is 35.7. The maximum Gasteiger partial charge on any atom is 0.297 e. The molecule has 0 aromatic rings. The highest BCUT2D eigenvalue weighted by Crippen LogP contribution is 2.02. The summed E-state index contributed by atoms with van der Waals surface area (Å²) in [7, 11) is 3.33. The molecule has 1 atom stereocenters. The molecule has 1 saturated heterocycles. The van der Waals surface area contributed by atoms with Crippen molar-refractivity contribution in [2.75, 3.05) is 33.3 Å². The van der Waals surface area contributed by atoms with Crippen LogP contribution in [0.15, 0.2) is 0 Å². The van der Waals surface area contributed by atoms with Crippen molar-refractivity contribution < 1.29 is 13.2 Å². The first kappa shape index (κ1) is 11.2. The van der Waals surface area contributed by atoms with Crippen molar-refractivity contribution in [3.05, 3.63) is 0 Å². The molecule has 1 aliphatic rings. The number of hydrogen-bond acceptors (Lipinski definition) is 4. The van der Waals surface area contributed by atoms with E-state index >= 15 is 0 Å². The summed E-state index contributed by atoms with van der Waals surface area (Å²) >= 11 is 0. The van der Waals surface area contributed by atoms with E-state index in [0.29, 0.717) is 6.61 Å². The van der Waals surface area contributed by atoms with Gasteiger partial charge in [0, 0.05) is 30.3 Å². The van der Waals surface area contributed by atoms with Crippen LogP contribution in [0, 0.1) is 0 Å². The zero-order valence-electron chi connectivity index (χ0n) is 7.36. The number of nitrogens with one attached hydrogen (secondary N) is 1. The van der Waals surface area contributed by atoms with E-state index in [4.69, 9.17) is 15.4 Å². The zero-order valence-corrected chi connectivity index (χ0v) is 8.94. The molecular formula is C6H13ClN2O3S. The summed E-state index contributed by atoms with van der Waals surface area (Å²) in [5.74, 6) is 0. The molecule has 78 valence electrons. The lowest BCUT2D eigenvalue weighted by molar-refractivity contribution is -0.0155. The fourth-order valence-corrected chi connectivity index (χ4v) is 1.76. The molecule has 1 unspecified atom stereocenters. The third-order valence-corrected chi connectivity index (χ3v) is 2.66. The number of hydrogen-bond donors (Lipinski definition) is 1. The van der Waals surface area contributed by atoms with E-state index in [-0.39, 0.29) is 12.6 Å². The normalized spacial score (nSPS) is 26.2. The van der Waals surface area contributed by atoms with Gasteiger partial charge in [0.25, 0.3) is 9.24 Å². The van der Waals surface area contributed by atoms with Gasteiger partial charge in [-0.15, -0.1) is 0 Å². The third-order valence-electron chi connectivity index (χ3n) is 1.83. The molecule has 1 fully saturated rings. The minimum absolute atomic E-state index is 0.104. The topological polar surface area (TPSA) is 58.6 Å². The average Bonchev–Trinajstić information content (AvgIpc) is 2.00. The van der Waals surface area contributed by atoms with E-state index in [2.05, 4.69) is 9.62 Å². The van der Waals surface area contributed by atoms with Gasteiger partial charge in [-0.05, 0) is 7.05 Å². The molecule has 0 amide bonds. The van der Waals surface area contributed by atoms with Gasteiger partial charge in [0.2, 0.25) is 0 Å². The Hall–Kier alpha value is 0.120. The van der Waals surface area contributed by atoms with Gasteiger partial charge in [0.15, 0.2) is 0 Å². The van der Waals surface area contributed by atoms with Crippen LogP contribution in [0.25, 0.3) is 0 Å². The summed E-state index contributed by atoms with van der Waals surface area (Å²) in [6.45, 7) is 2.46. The summed E-state index contributed by atoms with van der Waals surface area (Å²) in [4.78, 5) is 2.08. The standard InChI is InChI=1S/C6H13ClN2O3S/c1-9-2-3-12-6(5-9)4-8-13(7,10)11/h6,8H,2-5H2,1H3. The number of ether oxygens (including phenoxy) is 1. The smallest absolute Gasteiger partial charge is 0.297 e. The van der Waals surface area contributed by atoms with Gasteiger partial charge in [-0.25, -0.2) is 0 Å². The number of morpholine rings is 1. The first-order valence-corrected chi connectivity index (χ1v) is 6.28. The van der Waals surface area contributed by atoms with Gasteiger partial charge in [-0.1, -0.05) is 0 Å². The second-order valence-corrected chi connectivity index (χ2v) is 5.42. The van der Waals surface area contributed by atoms with Crippen LogP contribution < -0.4 is 4.72 Å². The quantitative estimate of drug-likeness (QED) is 0.655. The number of halogens is 1. The minimum Gasteiger partial charge on any atom is -0.374 e. The Labute approximate surface area is 82.5 Å². The Morgan fingerprint density at radius 3 is 2.92 bits per heavy atom. The predicted octanol–water partition coefficient (Wildman–Crippen LogP) is -0.610. The number of likely N-dealkylation sites (N-methyl/N-ethyl adjacent to an activating group) is 1. The zero-order chi connectivity index (χ0) is 9.90. The maximum atomic E-state index is 10.5. The van der Waals surface area contributed by atoms with E-state index < -0.39 is 9.24 Å². The molecule has 13 heavy (non-hydrogen) atoms. The minimum atomic E-state index is -3.62. The second kappa shape index (κ2) is 4.56. The van der Waals surface area contributed by atoms with Crippen LogP contribution in [-0.2, 0) is 14.0 Å². The molecule has 0 aromatic heterocycles. The Kier molecular flexibility index (Phi) is 3.93. The predicted molar refractivity (Wildman–Crippen MR) is 50.0 cm³/mol. The fraction of sp³-hybridized carbons (Fsp3) is 1.00. The van der Waals surface area contributed by atoms with Crippen molar-refractivity contribution in [2.24, 2.45) is 0 Å².